The van der Waals surface area contributed by atoms with Gasteiger partial charge in [-0.3, -0.25) is 14.4 Å². The fourth-order valence-corrected chi connectivity index (χ4v) is 4.13. The lowest BCUT2D eigenvalue weighted by molar-refractivity contribution is -0.150. The molecule has 2 atom stereocenters. The Kier molecular flexibility index (Phi) is 5.38. The molecule has 0 aromatic rings. The predicted molar refractivity (Wildman–Crippen MR) is 88.9 cm³/mol. The fraction of sp³-hybridized carbons (Fsp3) is 0.824. The van der Waals surface area contributed by atoms with Crippen molar-refractivity contribution in [3.63, 3.8) is 0 Å². The van der Waals surface area contributed by atoms with Crippen LogP contribution in [0.3, 0.4) is 0 Å². The number of rotatable bonds is 4. The van der Waals surface area contributed by atoms with Gasteiger partial charge in [-0.25, -0.2) is 0 Å². The van der Waals surface area contributed by atoms with Gasteiger partial charge in [-0.1, -0.05) is 0 Å². The Balaban J connectivity index is 1.47. The minimum Gasteiger partial charge on any atom is -0.342 e. The van der Waals surface area contributed by atoms with Crippen molar-refractivity contribution in [2.24, 2.45) is 17.6 Å². The van der Waals surface area contributed by atoms with Crippen LogP contribution in [0.25, 0.3) is 0 Å². The van der Waals surface area contributed by atoms with E-state index in [1.54, 1.807) is 9.80 Å². The summed E-state index contributed by atoms with van der Waals surface area (Å²) >= 11 is 0. The largest absolute Gasteiger partial charge is 0.342 e. The van der Waals surface area contributed by atoms with Gasteiger partial charge in [-0.15, -0.1) is 0 Å². The molecule has 3 fully saturated rings. The van der Waals surface area contributed by atoms with Crippen LogP contribution in [0.4, 0.5) is 0 Å². The molecule has 3 saturated heterocycles. The molecule has 0 bridgehead atoms. The standard InChI is InChI=1S/C17H28N4O3/c18-6-3-13-4-8-20(10-13)16(23)17(24)21-9-5-14(12-21)11-19-7-1-2-15(19)22/h13-14H,1-12,18H2. The van der Waals surface area contributed by atoms with Gasteiger partial charge in [-0.05, 0) is 44.1 Å². The zero-order valence-corrected chi connectivity index (χ0v) is 14.3. The van der Waals surface area contributed by atoms with Gasteiger partial charge in [-0.2, -0.15) is 0 Å². The lowest BCUT2D eigenvalue weighted by Crippen LogP contribution is -2.44. The first kappa shape index (κ1) is 17.2. The van der Waals surface area contributed by atoms with Gasteiger partial charge in [0.25, 0.3) is 0 Å². The van der Waals surface area contributed by atoms with Crippen LogP contribution in [-0.4, -0.2) is 78.2 Å². The van der Waals surface area contributed by atoms with Crippen LogP contribution in [0, 0.1) is 11.8 Å². The van der Waals surface area contributed by atoms with Gasteiger partial charge in [0.15, 0.2) is 0 Å². The maximum Gasteiger partial charge on any atom is 0.312 e. The average molecular weight is 336 g/mol. The Morgan fingerprint density at radius 1 is 1.00 bits per heavy atom. The molecule has 0 spiro atoms. The molecule has 7 nitrogen and oxygen atoms in total. The highest BCUT2D eigenvalue weighted by atomic mass is 16.2. The topological polar surface area (TPSA) is 86.9 Å². The van der Waals surface area contributed by atoms with Gasteiger partial charge >= 0.3 is 11.8 Å². The molecule has 3 amide bonds. The fourth-order valence-electron chi connectivity index (χ4n) is 4.13. The molecule has 134 valence electrons. The Bertz CT molecular complexity index is 510. The van der Waals surface area contributed by atoms with Gasteiger partial charge in [0.1, 0.15) is 0 Å². The maximum atomic E-state index is 12.5. The third kappa shape index (κ3) is 3.71. The Morgan fingerprint density at radius 3 is 2.21 bits per heavy atom. The van der Waals surface area contributed by atoms with Crippen molar-refractivity contribution in [2.75, 3.05) is 45.8 Å². The number of carbonyl (C=O) groups excluding carboxylic acids is 3. The summed E-state index contributed by atoms with van der Waals surface area (Å²) in [6, 6.07) is 0. The number of nitrogens with two attached hydrogens (primary N) is 1. The highest BCUT2D eigenvalue weighted by molar-refractivity contribution is 6.35. The van der Waals surface area contributed by atoms with Crippen LogP contribution in [-0.2, 0) is 14.4 Å². The molecule has 2 N–H and O–H groups in total. The molecule has 3 aliphatic heterocycles. The summed E-state index contributed by atoms with van der Waals surface area (Å²) in [5, 5.41) is 0. The minimum absolute atomic E-state index is 0.221. The number of hydrogen-bond acceptors (Lipinski definition) is 4. The summed E-state index contributed by atoms with van der Waals surface area (Å²) in [6.45, 7) is 4.71. The summed E-state index contributed by atoms with van der Waals surface area (Å²) in [5.74, 6) is 0.205. The van der Waals surface area contributed by atoms with E-state index < -0.39 is 0 Å². The van der Waals surface area contributed by atoms with Crippen LogP contribution in [0.5, 0.6) is 0 Å². The Labute approximate surface area is 143 Å². The normalized spacial score (nSPS) is 27.4. The Morgan fingerprint density at radius 2 is 1.62 bits per heavy atom. The Hall–Kier alpha value is -1.63. The molecule has 2 unspecified atom stereocenters. The van der Waals surface area contributed by atoms with Crippen LogP contribution < -0.4 is 5.73 Å². The molecule has 0 aromatic heterocycles. The van der Waals surface area contributed by atoms with Gasteiger partial charge in [0, 0.05) is 45.7 Å². The molecule has 0 aliphatic carbocycles. The smallest absolute Gasteiger partial charge is 0.312 e. The monoisotopic (exact) mass is 336 g/mol. The van der Waals surface area contributed by atoms with E-state index in [1.807, 2.05) is 4.90 Å². The first-order valence-corrected chi connectivity index (χ1v) is 9.14. The molecule has 0 radical (unpaired) electrons. The van der Waals surface area contributed by atoms with Crippen LogP contribution >= 0.6 is 0 Å². The molecule has 0 saturated carbocycles. The molecule has 0 aromatic carbocycles. The first-order chi connectivity index (χ1) is 11.6. The molecule has 24 heavy (non-hydrogen) atoms. The highest BCUT2D eigenvalue weighted by Gasteiger charge is 2.36. The van der Waals surface area contributed by atoms with E-state index in [-0.39, 0.29) is 17.7 Å². The van der Waals surface area contributed by atoms with Crippen LogP contribution in [0.2, 0.25) is 0 Å². The third-order valence-electron chi connectivity index (χ3n) is 5.55. The molecule has 3 aliphatic rings. The summed E-state index contributed by atoms with van der Waals surface area (Å²) in [4.78, 5) is 41.9. The van der Waals surface area contributed by atoms with Crippen molar-refractivity contribution in [1.82, 2.24) is 14.7 Å². The van der Waals surface area contributed by atoms with E-state index in [2.05, 4.69) is 0 Å². The summed E-state index contributed by atoms with van der Waals surface area (Å²) in [7, 11) is 0. The number of carbonyl (C=O) groups is 3. The van der Waals surface area contributed by atoms with Gasteiger partial charge < -0.3 is 20.4 Å². The lowest BCUT2D eigenvalue weighted by atomic mass is 10.1. The van der Waals surface area contributed by atoms with Crippen molar-refractivity contribution >= 4 is 17.7 Å². The third-order valence-corrected chi connectivity index (χ3v) is 5.55. The predicted octanol–water partition coefficient (Wildman–Crippen LogP) is -0.345. The second-order valence-corrected chi connectivity index (χ2v) is 7.33. The minimum atomic E-state index is -0.376. The van der Waals surface area contributed by atoms with Crippen molar-refractivity contribution in [1.29, 1.82) is 0 Å². The quantitative estimate of drug-likeness (QED) is 0.711. The molecular formula is C17H28N4O3. The van der Waals surface area contributed by atoms with E-state index in [9.17, 15) is 14.4 Å². The second-order valence-electron chi connectivity index (χ2n) is 7.33. The summed E-state index contributed by atoms with van der Waals surface area (Å²) in [5.41, 5.74) is 5.57. The molecule has 3 heterocycles. The molecule has 7 heteroatoms. The molecular weight excluding hydrogens is 308 g/mol. The summed E-state index contributed by atoms with van der Waals surface area (Å²) in [6.07, 6.45) is 4.31. The van der Waals surface area contributed by atoms with Crippen molar-refractivity contribution in [3.05, 3.63) is 0 Å². The zero-order valence-electron chi connectivity index (χ0n) is 14.3. The number of amides is 3. The van der Waals surface area contributed by atoms with E-state index in [4.69, 9.17) is 5.73 Å². The number of likely N-dealkylation sites (tertiary alicyclic amines) is 3. The van der Waals surface area contributed by atoms with E-state index >= 15 is 0 Å². The number of hydrogen-bond donors (Lipinski definition) is 1. The van der Waals surface area contributed by atoms with E-state index in [1.165, 1.54) is 0 Å². The summed E-state index contributed by atoms with van der Waals surface area (Å²) < 4.78 is 0. The molecule has 3 rings (SSSR count). The SMILES string of the molecule is NCCC1CCN(C(=O)C(=O)N2CCC(CN3CCCC3=O)C2)C1. The van der Waals surface area contributed by atoms with E-state index in [0.717, 1.165) is 38.8 Å². The maximum absolute atomic E-state index is 12.5. The lowest BCUT2D eigenvalue weighted by Gasteiger charge is -2.22. The number of nitrogens with zero attached hydrogens (tertiary/aromatic N) is 3. The first-order valence-electron chi connectivity index (χ1n) is 9.14. The highest BCUT2D eigenvalue weighted by Crippen LogP contribution is 2.23. The van der Waals surface area contributed by atoms with Gasteiger partial charge in [0.2, 0.25) is 5.91 Å². The zero-order chi connectivity index (χ0) is 17.1. The van der Waals surface area contributed by atoms with E-state index in [0.29, 0.717) is 51.0 Å². The van der Waals surface area contributed by atoms with Gasteiger partial charge in [0.05, 0.1) is 0 Å². The van der Waals surface area contributed by atoms with Crippen molar-refractivity contribution in [2.45, 2.75) is 32.1 Å². The van der Waals surface area contributed by atoms with Crippen LogP contribution in [0.1, 0.15) is 32.1 Å². The second kappa shape index (κ2) is 7.51. The van der Waals surface area contributed by atoms with Crippen molar-refractivity contribution < 1.29 is 14.4 Å². The van der Waals surface area contributed by atoms with Crippen LogP contribution in [0.15, 0.2) is 0 Å². The van der Waals surface area contributed by atoms with Crippen molar-refractivity contribution in [3.8, 4) is 0 Å². The average Bonchev–Trinajstić information content (AvgIpc) is 3.29.